The van der Waals surface area contributed by atoms with Crippen LogP contribution in [0.25, 0.3) is 16.7 Å². The van der Waals surface area contributed by atoms with Gasteiger partial charge >= 0.3 is 5.56 Å². The zero-order chi connectivity index (χ0) is 25.2. The van der Waals surface area contributed by atoms with Crippen LogP contribution in [0.5, 0.6) is 5.75 Å². The van der Waals surface area contributed by atoms with Gasteiger partial charge in [0.2, 0.25) is 12.1 Å². The van der Waals surface area contributed by atoms with Gasteiger partial charge in [0.05, 0.1) is 7.11 Å². The average molecular weight is 484 g/mol. The topological polar surface area (TPSA) is 120 Å². The van der Waals surface area contributed by atoms with Crippen molar-refractivity contribution in [1.82, 2.24) is 9.13 Å². The standard InChI is InChI=1S/C27H26N6O3/c1-36-21-11-5-7-18(13-21)23(34)16-32-17-30-24-22(14-28)26(31-12-6-8-19(29)15-31)33(25(24)27(32)35)20-9-3-2-4-10-20/h2-5,7,9-11,13,17,19H,6,8,12,15-16,29H2,1H3/p+1/t19-/m1/s1. The Morgan fingerprint density at radius 3 is 2.75 bits per heavy atom. The van der Waals surface area contributed by atoms with E-state index in [1.165, 1.54) is 18.0 Å². The zero-order valence-electron chi connectivity index (χ0n) is 20.0. The second-order valence-corrected chi connectivity index (χ2v) is 8.91. The van der Waals surface area contributed by atoms with E-state index in [2.05, 4.69) is 16.0 Å². The summed E-state index contributed by atoms with van der Waals surface area (Å²) in [5, 5.41) is 10.2. The van der Waals surface area contributed by atoms with Crippen LogP contribution in [0.1, 0.15) is 28.8 Å². The minimum atomic E-state index is -0.368. The van der Waals surface area contributed by atoms with E-state index in [1.807, 2.05) is 34.9 Å². The third-order valence-electron chi connectivity index (χ3n) is 6.56. The number of Topliss-reactive ketones (excluding diaryl/α,β-unsaturated/α-hetero) is 1. The maximum absolute atomic E-state index is 13.8. The average Bonchev–Trinajstić information content (AvgIpc) is 3.25. The number of ketones is 1. The number of aromatic nitrogens is 3. The maximum Gasteiger partial charge on any atom is 0.362 e. The molecule has 1 aliphatic rings. The number of nitrogens with zero attached hydrogens (tertiary/aromatic N) is 4. The summed E-state index contributed by atoms with van der Waals surface area (Å²) < 4.78 is 8.38. The highest BCUT2D eigenvalue weighted by atomic mass is 16.5. The summed E-state index contributed by atoms with van der Waals surface area (Å²) in [6, 6.07) is 18.6. The highest BCUT2D eigenvalue weighted by Crippen LogP contribution is 2.33. The Morgan fingerprint density at radius 1 is 1.22 bits per heavy atom. The van der Waals surface area contributed by atoms with E-state index in [1.54, 1.807) is 24.3 Å². The van der Waals surface area contributed by atoms with Gasteiger partial charge in [0.1, 0.15) is 23.2 Å². The molecule has 1 atom stereocenters. The van der Waals surface area contributed by atoms with Crippen molar-refractivity contribution in [2.75, 3.05) is 25.1 Å². The smallest absolute Gasteiger partial charge is 0.362 e. The molecule has 2 aromatic carbocycles. The van der Waals surface area contributed by atoms with Crippen LogP contribution >= 0.6 is 0 Å². The number of hydrogen-bond acceptors (Lipinski definition) is 6. The largest absolute Gasteiger partial charge is 0.497 e. The minimum Gasteiger partial charge on any atom is -0.497 e. The molecule has 0 saturated carbocycles. The van der Waals surface area contributed by atoms with Gasteiger partial charge in [-0.2, -0.15) is 9.83 Å². The molecule has 182 valence electrons. The van der Waals surface area contributed by atoms with Crippen LogP contribution in [0.4, 0.5) is 5.82 Å². The number of ether oxygens (including phenoxy) is 1. The normalized spacial score (nSPS) is 15.6. The molecule has 2 aromatic heterocycles. The number of piperidine rings is 1. The molecule has 1 fully saturated rings. The van der Waals surface area contributed by atoms with Crippen LogP contribution in [0.15, 0.2) is 65.7 Å². The lowest BCUT2D eigenvalue weighted by Gasteiger charge is -2.33. The minimum absolute atomic E-state index is 0.0198. The lowest BCUT2D eigenvalue weighted by molar-refractivity contribution is -0.353. The summed E-state index contributed by atoms with van der Waals surface area (Å²) in [6.07, 6.45) is 3.27. The number of nitrogens with one attached hydrogen (secondary N) is 1. The van der Waals surface area contributed by atoms with Crippen molar-refractivity contribution in [3.63, 3.8) is 0 Å². The van der Waals surface area contributed by atoms with Crippen molar-refractivity contribution < 1.29 is 14.5 Å². The first-order chi connectivity index (χ1) is 17.5. The molecule has 0 amide bonds. The Kier molecular flexibility index (Phi) is 6.27. The molecule has 1 aliphatic heterocycles. The number of hydrogen-bond donors (Lipinski definition) is 1. The quantitative estimate of drug-likeness (QED) is 0.420. The molecular weight excluding hydrogens is 456 g/mol. The lowest BCUT2D eigenvalue weighted by atomic mass is 10.1. The lowest BCUT2D eigenvalue weighted by Crippen LogP contribution is -2.43. The van der Waals surface area contributed by atoms with E-state index in [9.17, 15) is 14.9 Å². The maximum atomic E-state index is 13.8. The molecule has 3 N–H and O–H groups in total. The number of fused-ring (bicyclic) bond motifs is 1. The number of methoxy groups -OCH3 is 1. The number of anilines is 1. The summed E-state index contributed by atoms with van der Waals surface area (Å²) in [6.45, 7) is 1.15. The Morgan fingerprint density at radius 2 is 2.03 bits per heavy atom. The Bertz CT molecular complexity index is 1530. The summed E-state index contributed by atoms with van der Waals surface area (Å²) in [5.41, 5.74) is 8.22. The van der Waals surface area contributed by atoms with Crippen molar-refractivity contribution in [3.8, 4) is 17.5 Å². The van der Waals surface area contributed by atoms with Crippen molar-refractivity contribution in [3.05, 3.63) is 82.4 Å². The molecule has 0 unspecified atom stereocenters. The molecule has 4 aromatic rings. The van der Waals surface area contributed by atoms with Gasteiger partial charge in [-0.1, -0.05) is 30.3 Å². The van der Waals surface area contributed by atoms with Gasteiger partial charge in [-0.25, -0.2) is 9.78 Å². The summed E-state index contributed by atoms with van der Waals surface area (Å²) in [5.74, 6) is 0.972. The van der Waals surface area contributed by atoms with Crippen molar-refractivity contribution in [1.29, 1.82) is 5.26 Å². The summed E-state index contributed by atoms with van der Waals surface area (Å²) in [4.78, 5) is 32.1. The molecular formula is C27H27N6O3+. The number of benzene rings is 2. The summed E-state index contributed by atoms with van der Waals surface area (Å²) in [7, 11) is 1.54. The van der Waals surface area contributed by atoms with Gasteiger partial charge in [-0.05, 0) is 37.1 Å². The monoisotopic (exact) mass is 483 g/mol. The third-order valence-corrected chi connectivity index (χ3v) is 6.56. The second kappa shape index (κ2) is 9.68. The van der Waals surface area contributed by atoms with Crippen molar-refractivity contribution in [2.24, 2.45) is 5.73 Å². The van der Waals surface area contributed by atoms with E-state index < -0.39 is 0 Å². The van der Waals surface area contributed by atoms with Crippen LogP contribution in [0.2, 0.25) is 0 Å². The fourth-order valence-corrected chi connectivity index (χ4v) is 4.84. The molecule has 0 aliphatic carbocycles. The van der Waals surface area contributed by atoms with Crippen LogP contribution in [-0.2, 0) is 6.54 Å². The highest BCUT2D eigenvalue weighted by Gasteiger charge is 2.31. The van der Waals surface area contributed by atoms with E-state index in [4.69, 9.17) is 10.5 Å². The molecule has 3 heterocycles. The zero-order valence-corrected chi connectivity index (χ0v) is 20.0. The van der Waals surface area contributed by atoms with Crippen LogP contribution < -0.4 is 25.9 Å². The number of nitriles is 1. The number of H-pyrrole nitrogens is 1. The SMILES string of the molecule is COc1cccc(C(=O)Cn2c[nH+]c3c(C#N)c(N4CCC[C@@H](N)C4)n(-c4ccccc4)c3c2=O)c1. The van der Waals surface area contributed by atoms with E-state index in [-0.39, 0.29) is 23.9 Å². The number of carbonyl (C=O) groups is 1. The van der Waals surface area contributed by atoms with Crippen LogP contribution in [0.3, 0.4) is 0 Å². The predicted molar refractivity (Wildman–Crippen MR) is 136 cm³/mol. The van der Waals surface area contributed by atoms with Crippen molar-refractivity contribution in [2.45, 2.75) is 25.4 Å². The Labute approximate surface area is 208 Å². The third kappa shape index (κ3) is 4.12. The van der Waals surface area contributed by atoms with Gasteiger partial charge in [0.25, 0.3) is 0 Å². The predicted octanol–water partition coefficient (Wildman–Crippen LogP) is 2.30. The first-order valence-corrected chi connectivity index (χ1v) is 11.8. The highest BCUT2D eigenvalue weighted by molar-refractivity contribution is 5.96. The molecule has 5 rings (SSSR count). The van der Waals surface area contributed by atoms with Gasteiger partial charge < -0.3 is 15.4 Å². The molecule has 9 nitrogen and oxygen atoms in total. The molecule has 0 bridgehead atoms. The molecule has 9 heteroatoms. The van der Waals surface area contributed by atoms with Gasteiger partial charge in [0, 0.05) is 30.4 Å². The Hall–Kier alpha value is -4.42. The molecule has 0 radical (unpaired) electrons. The summed E-state index contributed by atoms with van der Waals surface area (Å²) >= 11 is 0. The number of carbonyl (C=O) groups excluding carboxylic acids is 1. The van der Waals surface area contributed by atoms with Gasteiger partial charge in [-0.3, -0.25) is 9.36 Å². The molecule has 0 spiro atoms. The van der Waals surface area contributed by atoms with Crippen LogP contribution in [0, 0.1) is 11.3 Å². The number of rotatable bonds is 6. The number of nitrogens with two attached hydrogens (primary N) is 1. The second-order valence-electron chi connectivity index (χ2n) is 8.91. The fourth-order valence-electron chi connectivity index (χ4n) is 4.84. The van der Waals surface area contributed by atoms with Gasteiger partial charge in [-0.15, -0.1) is 0 Å². The van der Waals surface area contributed by atoms with E-state index in [0.29, 0.717) is 40.3 Å². The number of aromatic amines is 1. The van der Waals surface area contributed by atoms with Crippen LogP contribution in [-0.4, -0.2) is 41.2 Å². The fraction of sp³-hybridized carbons (Fsp3) is 0.259. The first kappa shape index (κ1) is 23.3. The van der Waals surface area contributed by atoms with Gasteiger partial charge in [0.15, 0.2) is 17.6 Å². The van der Waals surface area contributed by atoms with E-state index in [0.717, 1.165) is 25.1 Å². The number of para-hydroxylation sites is 1. The molecule has 1 saturated heterocycles. The van der Waals surface area contributed by atoms with E-state index >= 15 is 0 Å². The molecule has 36 heavy (non-hydrogen) atoms. The Balaban J connectivity index is 1.69. The first-order valence-electron chi connectivity index (χ1n) is 11.8. The van der Waals surface area contributed by atoms with Crippen molar-refractivity contribution >= 4 is 22.6 Å².